The van der Waals surface area contributed by atoms with Gasteiger partial charge >= 0.3 is 0 Å². The van der Waals surface area contributed by atoms with E-state index in [2.05, 4.69) is 181 Å². The number of hydrogen-bond acceptors (Lipinski definition) is 1. The molecule has 0 aliphatic rings. The molecule has 0 atom stereocenters. The van der Waals surface area contributed by atoms with Crippen molar-refractivity contribution in [2.24, 2.45) is 0 Å². The van der Waals surface area contributed by atoms with Crippen molar-refractivity contribution in [2.75, 3.05) is 4.90 Å². The summed E-state index contributed by atoms with van der Waals surface area (Å²) in [4.78, 5) is 2.40. The molecule has 0 aromatic heterocycles. The Morgan fingerprint density at radius 1 is 0.318 bits per heavy atom. The Morgan fingerprint density at radius 2 is 0.841 bits per heavy atom. The van der Waals surface area contributed by atoms with Crippen LogP contribution in [-0.2, 0) is 12.8 Å². The third-order valence-electron chi connectivity index (χ3n) is 8.34. The zero-order valence-electron chi connectivity index (χ0n) is 24.8. The largest absolute Gasteiger partial charge is 0.310 e. The van der Waals surface area contributed by atoms with Crippen LogP contribution in [0, 0.1) is 0 Å². The lowest BCUT2D eigenvalue weighted by Gasteiger charge is -2.27. The highest BCUT2D eigenvalue weighted by Crippen LogP contribution is 2.38. The molecule has 44 heavy (non-hydrogen) atoms. The highest BCUT2D eigenvalue weighted by Gasteiger charge is 2.15. The van der Waals surface area contributed by atoms with Crippen LogP contribution in [0.3, 0.4) is 0 Å². The van der Waals surface area contributed by atoms with Gasteiger partial charge in [-0.25, -0.2) is 0 Å². The minimum absolute atomic E-state index is 1.04. The van der Waals surface area contributed by atoms with Gasteiger partial charge in [-0.3, -0.25) is 0 Å². The molecule has 0 radical (unpaired) electrons. The normalized spacial score (nSPS) is 11.0. The van der Waals surface area contributed by atoms with Gasteiger partial charge < -0.3 is 4.90 Å². The summed E-state index contributed by atoms with van der Waals surface area (Å²) in [5.74, 6) is 0. The Hall–Kier alpha value is -5.40. The summed E-state index contributed by atoms with van der Waals surface area (Å²) in [5.41, 5.74) is 11.1. The van der Waals surface area contributed by atoms with Gasteiger partial charge in [0.25, 0.3) is 0 Å². The zero-order chi connectivity index (χ0) is 29.6. The van der Waals surface area contributed by atoms with E-state index in [0.717, 1.165) is 30.6 Å². The van der Waals surface area contributed by atoms with Crippen molar-refractivity contribution in [3.05, 3.63) is 187 Å². The third-order valence-corrected chi connectivity index (χ3v) is 8.34. The summed E-state index contributed by atoms with van der Waals surface area (Å²) < 4.78 is 0. The predicted octanol–water partition coefficient (Wildman–Crippen LogP) is 11.8. The van der Waals surface area contributed by atoms with Gasteiger partial charge in [-0.1, -0.05) is 133 Å². The number of aryl methyl sites for hydroxylation is 2. The highest BCUT2D eigenvalue weighted by atomic mass is 15.1. The average molecular weight is 566 g/mol. The van der Waals surface area contributed by atoms with Gasteiger partial charge in [0.15, 0.2) is 0 Å². The van der Waals surface area contributed by atoms with Crippen molar-refractivity contribution in [3.8, 4) is 22.3 Å². The van der Waals surface area contributed by atoms with E-state index in [0.29, 0.717) is 0 Å². The van der Waals surface area contributed by atoms with Crippen molar-refractivity contribution in [2.45, 2.75) is 19.3 Å². The molecule has 1 heteroatoms. The van der Waals surface area contributed by atoms with Crippen molar-refractivity contribution in [3.63, 3.8) is 0 Å². The highest BCUT2D eigenvalue weighted by molar-refractivity contribution is 5.90. The van der Waals surface area contributed by atoms with Gasteiger partial charge in [0, 0.05) is 17.1 Å². The smallest absolute Gasteiger partial charge is 0.0468 e. The lowest BCUT2D eigenvalue weighted by Crippen LogP contribution is -2.10. The number of rotatable bonds is 9. The van der Waals surface area contributed by atoms with Gasteiger partial charge in [-0.15, -0.1) is 0 Å². The van der Waals surface area contributed by atoms with Crippen molar-refractivity contribution < 1.29 is 0 Å². The van der Waals surface area contributed by atoms with Crippen LogP contribution in [0.15, 0.2) is 176 Å². The number of hydrogen-bond donors (Lipinski definition) is 0. The van der Waals surface area contributed by atoms with Crippen LogP contribution < -0.4 is 4.90 Å². The third kappa shape index (κ3) is 6.19. The second-order valence-electron chi connectivity index (χ2n) is 11.4. The summed E-state index contributed by atoms with van der Waals surface area (Å²) in [6.45, 7) is 0. The SMILES string of the molecule is c1ccc(CCCc2cccc(N(c3cccc(-c4cccc(-c5ccccc5)c4)c3)c3ccc4ccccc4c3)c2)cc1. The lowest BCUT2D eigenvalue weighted by molar-refractivity contribution is 0.820. The topological polar surface area (TPSA) is 3.24 Å². The van der Waals surface area contributed by atoms with Crippen LogP contribution in [0.4, 0.5) is 17.1 Å². The molecular weight excluding hydrogens is 530 g/mol. The first-order valence-corrected chi connectivity index (χ1v) is 15.5. The predicted molar refractivity (Wildman–Crippen MR) is 188 cm³/mol. The Kier molecular flexibility index (Phi) is 8.01. The summed E-state index contributed by atoms with van der Waals surface area (Å²) in [5, 5.41) is 2.48. The number of fused-ring (bicyclic) bond motifs is 1. The molecule has 0 spiro atoms. The monoisotopic (exact) mass is 565 g/mol. The number of benzene rings is 7. The molecule has 0 fully saturated rings. The number of anilines is 3. The van der Waals surface area contributed by atoms with Crippen molar-refractivity contribution in [1.82, 2.24) is 0 Å². The van der Waals surface area contributed by atoms with Gasteiger partial charge in [0.05, 0.1) is 0 Å². The summed E-state index contributed by atoms with van der Waals surface area (Å²) in [7, 11) is 0. The van der Waals surface area contributed by atoms with Crippen LogP contribution in [0.2, 0.25) is 0 Å². The van der Waals surface area contributed by atoms with Crippen molar-refractivity contribution >= 4 is 27.8 Å². The fourth-order valence-electron chi connectivity index (χ4n) is 6.09. The lowest BCUT2D eigenvalue weighted by atomic mass is 9.98. The molecule has 0 aliphatic carbocycles. The van der Waals surface area contributed by atoms with E-state index in [-0.39, 0.29) is 0 Å². The molecule has 7 aromatic carbocycles. The average Bonchev–Trinajstić information content (AvgIpc) is 3.10. The summed E-state index contributed by atoms with van der Waals surface area (Å²) >= 11 is 0. The van der Waals surface area contributed by atoms with Crippen LogP contribution in [0.25, 0.3) is 33.0 Å². The molecule has 0 amide bonds. The minimum atomic E-state index is 1.04. The van der Waals surface area contributed by atoms with Crippen LogP contribution in [0.5, 0.6) is 0 Å². The number of nitrogens with zero attached hydrogens (tertiary/aromatic N) is 1. The summed E-state index contributed by atoms with van der Waals surface area (Å²) in [6, 6.07) is 63.6. The zero-order valence-corrected chi connectivity index (χ0v) is 24.8. The van der Waals surface area contributed by atoms with Crippen molar-refractivity contribution in [1.29, 1.82) is 0 Å². The fraction of sp³-hybridized carbons (Fsp3) is 0.0698. The maximum atomic E-state index is 2.40. The van der Waals surface area contributed by atoms with E-state index in [1.807, 2.05) is 0 Å². The molecule has 0 saturated carbocycles. The Balaban J connectivity index is 1.26. The van der Waals surface area contributed by atoms with E-state index in [1.54, 1.807) is 0 Å². The fourth-order valence-corrected chi connectivity index (χ4v) is 6.09. The quantitative estimate of drug-likeness (QED) is 0.168. The van der Waals surface area contributed by atoms with E-state index in [4.69, 9.17) is 0 Å². The van der Waals surface area contributed by atoms with E-state index in [9.17, 15) is 0 Å². The van der Waals surface area contributed by atoms with E-state index in [1.165, 1.54) is 49.8 Å². The molecule has 0 unspecified atom stereocenters. The van der Waals surface area contributed by atoms with Crippen LogP contribution in [-0.4, -0.2) is 0 Å². The second-order valence-corrected chi connectivity index (χ2v) is 11.4. The van der Waals surface area contributed by atoms with Crippen LogP contribution >= 0.6 is 0 Å². The first-order chi connectivity index (χ1) is 21.8. The van der Waals surface area contributed by atoms with Crippen LogP contribution in [0.1, 0.15) is 17.5 Å². The molecule has 0 heterocycles. The second kappa shape index (κ2) is 12.9. The molecule has 0 aliphatic heterocycles. The summed E-state index contributed by atoms with van der Waals surface area (Å²) in [6.07, 6.45) is 3.25. The maximum absolute atomic E-state index is 2.40. The molecule has 212 valence electrons. The Labute approximate surface area is 260 Å². The van der Waals surface area contributed by atoms with E-state index < -0.39 is 0 Å². The first-order valence-electron chi connectivity index (χ1n) is 15.5. The molecular formula is C43H35N. The standard InChI is InChI=1S/C43H35N/c1-3-13-33(14-4-1)15-9-16-34-17-10-25-41(29-34)44(43-28-27-36-20-7-8-21-39(36)31-43)42-26-12-24-40(32-42)38-23-11-22-37(30-38)35-18-5-2-6-19-35/h1-8,10-14,17-32H,9,15-16H2. The van der Waals surface area contributed by atoms with E-state index >= 15 is 0 Å². The molecule has 0 bridgehead atoms. The molecule has 0 saturated heterocycles. The molecule has 0 N–H and O–H groups in total. The maximum Gasteiger partial charge on any atom is 0.0468 e. The van der Waals surface area contributed by atoms with Gasteiger partial charge in [0.1, 0.15) is 0 Å². The molecule has 7 rings (SSSR count). The molecule has 7 aromatic rings. The van der Waals surface area contributed by atoms with Gasteiger partial charge in [0.2, 0.25) is 0 Å². The van der Waals surface area contributed by atoms with Gasteiger partial charge in [-0.2, -0.15) is 0 Å². The van der Waals surface area contributed by atoms with Gasteiger partial charge in [-0.05, 0) is 106 Å². The first kappa shape index (κ1) is 27.4. The Bertz CT molecular complexity index is 1990. The Morgan fingerprint density at radius 3 is 1.64 bits per heavy atom. The molecule has 1 nitrogen and oxygen atoms in total. The minimum Gasteiger partial charge on any atom is -0.310 e.